The number of aromatic nitrogens is 3. The zero-order valence-corrected chi connectivity index (χ0v) is 7.53. The molecule has 0 amide bonds. The predicted molar refractivity (Wildman–Crippen MR) is 49.4 cm³/mol. The standard InChI is InChI=1S/C9H10N4O/c1-2-6(10-4-1)8-12-9(14-13-8)7-3-5-11-7/h1-2,4,7,10-11H,3,5H2. The Labute approximate surface area is 80.5 Å². The van der Waals surface area contributed by atoms with Gasteiger partial charge in [-0.05, 0) is 25.1 Å². The van der Waals surface area contributed by atoms with Gasteiger partial charge in [-0.15, -0.1) is 0 Å². The van der Waals surface area contributed by atoms with Crippen molar-refractivity contribution in [2.45, 2.75) is 12.5 Å². The van der Waals surface area contributed by atoms with Crippen LogP contribution >= 0.6 is 0 Å². The van der Waals surface area contributed by atoms with E-state index in [9.17, 15) is 0 Å². The molecule has 0 aromatic carbocycles. The molecule has 5 nitrogen and oxygen atoms in total. The molecule has 5 heteroatoms. The minimum Gasteiger partial charge on any atom is -0.359 e. The number of aromatic amines is 1. The lowest BCUT2D eigenvalue weighted by atomic mass is 10.1. The second-order valence-electron chi connectivity index (χ2n) is 3.34. The van der Waals surface area contributed by atoms with Gasteiger partial charge in [0.15, 0.2) is 0 Å². The molecule has 0 bridgehead atoms. The Kier molecular flexibility index (Phi) is 1.63. The normalized spacial score (nSPS) is 20.7. The molecule has 0 spiro atoms. The fourth-order valence-corrected chi connectivity index (χ4v) is 1.46. The highest BCUT2D eigenvalue weighted by atomic mass is 16.5. The van der Waals surface area contributed by atoms with Gasteiger partial charge in [0.05, 0.1) is 11.7 Å². The SMILES string of the molecule is c1c[nH]c(-c2noc(C3CCN3)n2)c1. The molecule has 72 valence electrons. The molecule has 1 unspecified atom stereocenters. The van der Waals surface area contributed by atoms with Crippen molar-refractivity contribution in [2.24, 2.45) is 0 Å². The lowest BCUT2D eigenvalue weighted by Gasteiger charge is -2.23. The third-order valence-electron chi connectivity index (χ3n) is 2.40. The van der Waals surface area contributed by atoms with Crippen molar-refractivity contribution in [3.05, 3.63) is 24.2 Å². The van der Waals surface area contributed by atoms with Crippen molar-refractivity contribution in [1.29, 1.82) is 0 Å². The number of hydrogen-bond acceptors (Lipinski definition) is 4. The van der Waals surface area contributed by atoms with Gasteiger partial charge >= 0.3 is 0 Å². The van der Waals surface area contributed by atoms with E-state index < -0.39 is 0 Å². The highest BCUT2D eigenvalue weighted by Gasteiger charge is 2.24. The third-order valence-corrected chi connectivity index (χ3v) is 2.40. The summed E-state index contributed by atoms with van der Waals surface area (Å²) in [6, 6.07) is 4.08. The maximum atomic E-state index is 5.15. The Morgan fingerprint density at radius 2 is 2.43 bits per heavy atom. The van der Waals surface area contributed by atoms with Crippen molar-refractivity contribution < 1.29 is 4.52 Å². The summed E-state index contributed by atoms with van der Waals surface area (Å²) >= 11 is 0. The van der Waals surface area contributed by atoms with E-state index in [1.54, 1.807) is 0 Å². The number of nitrogens with zero attached hydrogens (tertiary/aromatic N) is 2. The van der Waals surface area contributed by atoms with Gasteiger partial charge in [0.1, 0.15) is 0 Å². The highest BCUT2D eigenvalue weighted by molar-refractivity contribution is 5.47. The Hall–Kier alpha value is -1.62. The molecule has 0 saturated carbocycles. The summed E-state index contributed by atoms with van der Waals surface area (Å²) < 4.78 is 5.15. The summed E-state index contributed by atoms with van der Waals surface area (Å²) in [5.74, 6) is 1.31. The van der Waals surface area contributed by atoms with Crippen LogP contribution in [0, 0.1) is 0 Å². The molecule has 3 rings (SSSR count). The van der Waals surface area contributed by atoms with E-state index >= 15 is 0 Å². The van der Waals surface area contributed by atoms with Crippen molar-refractivity contribution in [1.82, 2.24) is 20.4 Å². The van der Waals surface area contributed by atoms with Crippen LogP contribution in [-0.4, -0.2) is 21.7 Å². The van der Waals surface area contributed by atoms with Gasteiger partial charge in [-0.2, -0.15) is 4.98 Å². The third kappa shape index (κ3) is 1.13. The van der Waals surface area contributed by atoms with Gasteiger partial charge in [-0.25, -0.2) is 0 Å². The minimum atomic E-state index is 0.256. The van der Waals surface area contributed by atoms with Crippen LogP contribution in [0.25, 0.3) is 11.5 Å². The van der Waals surface area contributed by atoms with Crippen LogP contribution in [0.5, 0.6) is 0 Å². The van der Waals surface area contributed by atoms with Crippen molar-refractivity contribution >= 4 is 0 Å². The average molecular weight is 190 g/mol. The average Bonchev–Trinajstić information content (AvgIpc) is 2.65. The summed E-state index contributed by atoms with van der Waals surface area (Å²) in [5.41, 5.74) is 0.888. The second-order valence-corrected chi connectivity index (χ2v) is 3.34. The van der Waals surface area contributed by atoms with Crippen molar-refractivity contribution in [2.75, 3.05) is 6.54 Å². The molecule has 1 aliphatic heterocycles. The van der Waals surface area contributed by atoms with Crippen LogP contribution in [-0.2, 0) is 0 Å². The molecule has 0 radical (unpaired) electrons. The van der Waals surface area contributed by atoms with E-state index in [-0.39, 0.29) is 6.04 Å². The predicted octanol–water partition coefficient (Wildman–Crippen LogP) is 1.10. The molecule has 2 aromatic rings. The lowest BCUT2D eigenvalue weighted by Crippen LogP contribution is -2.35. The molecule has 1 saturated heterocycles. The first kappa shape index (κ1) is 7.75. The maximum absolute atomic E-state index is 5.15. The maximum Gasteiger partial charge on any atom is 0.244 e. The van der Waals surface area contributed by atoms with Crippen LogP contribution in [0.4, 0.5) is 0 Å². The zero-order valence-electron chi connectivity index (χ0n) is 7.53. The molecule has 3 heterocycles. The van der Waals surface area contributed by atoms with Gasteiger partial charge in [0, 0.05) is 6.20 Å². The Balaban J connectivity index is 1.90. The molecule has 1 aliphatic rings. The molecule has 2 aromatic heterocycles. The van der Waals surface area contributed by atoms with Crippen molar-refractivity contribution in [3.63, 3.8) is 0 Å². The van der Waals surface area contributed by atoms with Gasteiger partial charge < -0.3 is 14.8 Å². The second kappa shape index (κ2) is 2.95. The Bertz CT molecular complexity index is 416. The summed E-state index contributed by atoms with van der Waals surface area (Å²) in [7, 11) is 0. The number of rotatable bonds is 2. The molecule has 1 fully saturated rings. The first-order valence-corrected chi connectivity index (χ1v) is 4.64. The minimum absolute atomic E-state index is 0.256. The quantitative estimate of drug-likeness (QED) is 0.744. The fourth-order valence-electron chi connectivity index (χ4n) is 1.46. The topological polar surface area (TPSA) is 66.7 Å². The molecule has 14 heavy (non-hydrogen) atoms. The Morgan fingerprint density at radius 3 is 3.07 bits per heavy atom. The molecular weight excluding hydrogens is 180 g/mol. The smallest absolute Gasteiger partial charge is 0.244 e. The summed E-state index contributed by atoms with van der Waals surface area (Å²) in [4.78, 5) is 7.34. The largest absolute Gasteiger partial charge is 0.359 e. The first-order valence-electron chi connectivity index (χ1n) is 4.64. The van der Waals surface area contributed by atoms with E-state index in [2.05, 4.69) is 20.4 Å². The first-order chi connectivity index (χ1) is 6.93. The lowest BCUT2D eigenvalue weighted by molar-refractivity contribution is 0.273. The molecule has 2 N–H and O–H groups in total. The number of nitrogens with one attached hydrogen (secondary N) is 2. The van der Waals surface area contributed by atoms with Gasteiger partial charge in [-0.3, -0.25) is 0 Å². The van der Waals surface area contributed by atoms with Gasteiger partial charge in [0.2, 0.25) is 11.7 Å². The van der Waals surface area contributed by atoms with Crippen LogP contribution in [0.2, 0.25) is 0 Å². The van der Waals surface area contributed by atoms with Crippen LogP contribution in [0.1, 0.15) is 18.4 Å². The van der Waals surface area contributed by atoms with Gasteiger partial charge in [0.25, 0.3) is 0 Å². The van der Waals surface area contributed by atoms with Crippen LogP contribution < -0.4 is 5.32 Å². The van der Waals surface area contributed by atoms with E-state index in [4.69, 9.17) is 4.52 Å². The zero-order chi connectivity index (χ0) is 9.38. The van der Waals surface area contributed by atoms with E-state index in [1.807, 2.05) is 18.3 Å². The number of H-pyrrole nitrogens is 1. The summed E-state index contributed by atoms with van der Waals surface area (Å²) in [5, 5.41) is 7.12. The van der Waals surface area contributed by atoms with E-state index in [1.165, 1.54) is 0 Å². The highest BCUT2D eigenvalue weighted by Crippen LogP contribution is 2.23. The van der Waals surface area contributed by atoms with Crippen LogP contribution in [0.15, 0.2) is 22.9 Å². The van der Waals surface area contributed by atoms with Crippen molar-refractivity contribution in [3.8, 4) is 11.5 Å². The molecule has 0 aliphatic carbocycles. The summed E-state index contributed by atoms with van der Waals surface area (Å²) in [6.07, 6.45) is 2.92. The fraction of sp³-hybridized carbons (Fsp3) is 0.333. The molecule has 1 atom stereocenters. The van der Waals surface area contributed by atoms with E-state index in [0.29, 0.717) is 11.7 Å². The number of hydrogen-bond donors (Lipinski definition) is 2. The molecular formula is C9H10N4O. The Morgan fingerprint density at radius 1 is 1.50 bits per heavy atom. The van der Waals surface area contributed by atoms with Crippen LogP contribution in [0.3, 0.4) is 0 Å². The van der Waals surface area contributed by atoms with Gasteiger partial charge in [-0.1, -0.05) is 5.16 Å². The monoisotopic (exact) mass is 190 g/mol. The summed E-state index contributed by atoms with van der Waals surface area (Å²) in [6.45, 7) is 1.03. The van der Waals surface area contributed by atoms with E-state index in [0.717, 1.165) is 18.7 Å².